The first-order chi connectivity index (χ1) is 30.1. The van der Waals surface area contributed by atoms with Crippen molar-refractivity contribution in [3.05, 3.63) is 235 Å². The van der Waals surface area contributed by atoms with E-state index in [1.807, 2.05) is 11.3 Å². The van der Waals surface area contributed by atoms with Gasteiger partial charge in [0, 0.05) is 37.9 Å². The molecular weight excluding hydrogens is 763 g/mol. The van der Waals surface area contributed by atoms with Gasteiger partial charge in [-0.05, 0) is 118 Å². The van der Waals surface area contributed by atoms with Gasteiger partial charge < -0.3 is 14.4 Å². The van der Waals surface area contributed by atoms with Crippen LogP contribution >= 0.6 is 11.3 Å². The number of para-hydroxylation sites is 2. The third kappa shape index (κ3) is 8.14. The monoisotopic (exact) mass is 807 g/mol. The van der Waals surface area contributed by atoms with Gasteiger partial charge in [-0.25, -0.2) is 0 Å². The Balaban J connectivity index is 1.21. The van der Waals surface area contributed by atoms with Gasteiger partial charge in [-0.2, -0.15) is 0 Å². The van der Waals surface area contributed by atoms with Gasteiger partial charge in [0.25, 0.3) is 0 Å². The molecule has 3 nitrogen and oxygen atoms in total. The number of thiophene rings is 1. The number of nitrogens with zero attached hydrogens (tertiary/aromatic N) is 1. The van der Waals surface area contributed by atoms with Crippen LogP contribution in [0.2, 0.25) is 0 Å². The molecule has 0 aliphatic rings. The zero-order chi connectivity index (χ0) is 41.5. The first-order valence-corrected chi connectivity index (χ1v) is 21.3. The summed E-state index contributed by atoms with van der Waals surface area (Å²) < 4.78 is 11.3. The summed E-state index contributed by atoms with van der Waals surface area (Å²) in [4.78, 5) is 4.69. The zero-order valence-corrected chi connectivity index (χ0v) is 35.3. The minimum atomic E-state index is 0.822. The van der Waals surface area contributed by atoms with Gasteiger partial charge in [-0.15, -0.1) is 11.3 Å². The summed E-state index contributed by atoms with van der Waals surface area (Å²) in [6, 6.07) is 77.5. The van der Waals surface area contributed by atoms with Gasteiger partial charge in [-0.1, -0.05) is 158 Å². The van der Waals surface area contributed by atoms with Crippen LogP contribution in [0.3, 0.4) is 0 Å². The molecule has 4 heteroatoms. The molecule has 0 bridgehead atoms. The molecular formula is C57H45NO2S. The third-order valence-electron chi connectivity index (χ3n) is 11.2. The van der Waals surface area contributed by atoms with E-state index in [1.165, 1.54) is 48.7 Å². The van der Waals surface area contributed by atoms with E-state index in [1.54, 1.807) is 14.2 Å². The molecule has 0 fully saturated rings. The van der Waals surface area contributed by atoms with Crippen molar-refractivity contribution in [2.75, 3.05) is 19.1 Å². The molecule has 1 heterocycles. The van der Waals surface area contributed by atoms with E-state index in [2.05, 4.69) is 230 Å². The lowest BCUT2D eigenvalue weighted by molar-refractivity contribution is 0.414. The molecule has 0 saturated carbocycles. The Labute approximate surface area is 363 Å². The van der Waals surface area contributed by atoms with E-state index in [4.69, 9.17) is 9.47 Å². The summed E-state index contributed by atoms with van der Waals surface area (Å²) in [6.45, 7) is 2.23. The number of hydrogen-bond acceptors (Lipinski definition) is 4. The Bertz CT molecular complexity index is 2790. The first kappa shape index (κ1) is 39.1. The average Bonchev–Trinajstić information content (AvgIpc) is 3.74. The van der Waals surface area contributed by atoms with Crippen LogP contribution in [-0.2, 0) is 0 Å². The first-order valence-electron chi connectivity index (χ1n) is 20.5. The maximum Gasteiger partial charge on any atom is 0.118 e. The summed E-state index contributed by atoms with van der Waals surface area (Å²) in [5.41, 5.74) is 16.2. The van der Waals surface area contributed by atoms with Gasteiger partial charge in [-0.3, -0.25) is 0 Å². The van der Waals surface area contributed by atoms with Crippen LogP contribution in [0, 0.1) is 0 Å². The Hall–Kier alpha value is -7.40. The summed E-state index contributed by atoms with van der Waals surface area (Å²) in [5.74, 6) is 1.64. The number of benzene rings is 8. The van der Waals surface area contributed by atoms with Gasteiger partial charge in [0.2, 0.25) is 0 Å². The van der Waals surface area contributed by atoms with Crippen LogP contribution in [-0.4, -0.2) is 14.2 Å². The fourth-order valence-corrected chi connectivity index (χ4v) is 9.45. The molecule has 0 atom stereocenters. The van der Waals surface area contributed by atoms with Gasteiger partial charge in [0.1, 0.15) is 11.5 Å². The fraction of sp³-hybridized carbons (Fsp3) is 0.0526. The predicted molar refractivity (Wildman–Crippen MR) is 258 cm³/mol. The Morgan fingerprint density at radius 2 is 0.705 bits per heavy atom. The van der Waals surface area contributed by atoms with E-state index < -0.39 is 0 Å². The molecule has 296 valence electrons. The molecule has 0 aliphatic heterocycles. The largest absolute Gasteiger partial charge is 0.497 e. The van der Waals surface area contributed by atoms with Crippen molar-refractivity contribution < 1.29 is 9.47 Å². The van der Waals surface area contributed by atoms with Crippen molar-refractivity contribution in [3.63, 3.8) is 0 Å². The van der Waals surface area contributed by atoms with Crippen LogP contribution < -0.4 is 14.4 Å². The van der Waals surface area contributed by atoms with Crippen LogP contribution in [0.5, 0.6) is 11.5 Å². The molecule has 8 aromatic carbocycles. The molecule has 0 aliphatic carbocycles. The highest BCUT2D eigenvalue weighted by molar-refractivity contribution is 7.20. The van der Waals surface area contributed by atoms with Gasteiger partial charge >= 0.3 is 0 Å². The number of anilines is 3. The smallest absolute Gasteiger partial charge is 0.118 e. The van der Waals surface area contributed by atoms with Crippen LogP contribution in [0.25, 0.3) is 54.3 Å². The standard InChI is InChI=1S/C57H45NO2S/c1-40(53(42-16-8-4-9-17-42)43-18-10-5-11-19-43)41-24-26-46(27-25-41)56-54(44-30-36-51(59-2)37-31-44)55(45-32-38-52(60-3)39-33-45)57(61-56)47-28-34-50(35-29-47)58(48-20-12-6-13-21-48)49-22-14-7-15-23-49/h4-39H,1-3H3. The normalized spacial score (nSPS) is 10.9. The molecule has 0 spiro atoms. The van der Waals surface area contributed by atoms with Gasteiger partial charge in [0.05, 0.1) is 14.2 Å². The average molecular weight is 808 g/mol. The molecule has 0 N–H and O–H groups in total. The van der Waals surface area contributed by atoms with Crippen molar-refractivity contribution in [1.82, 2.24) is 0 Å². The number of hydrogen-bond donors (Lipinski definition) is 0. The minimum Gasteiger partial charge on any atom is -0.497 e. The number of ether oxygens (including phenoxy) is 2. The van der Waals surface area contributed by atoms with Crippen molar-refractivity contribution >= 4 is 39.5 Å². The van der Waals surface area contributed by atoms with E-state index in [9.17, 15) is 0 Å². The molecule has 0 unspecified atom stereocenters. The second-order valence-corrected chi connectivity index (χ2v) is 15.9. The lowest BCUT2D eigenvalue weighted by Gasteiger charge is -2.25. The van der Waals surface area contributed by atoms with Crippen molar-refractivity contribution in [2.45, 2.75) is 6.92 Å². The Morgan fingerprint density at radius 3 is 1.10 bits per heavy atom. The summed E-state index contributed by atoms with van der Waals surface area (Å²) in [7, 11) is 3.43. The van der Waals surface area contributed by atoms with E-state index >= 15 is 0 Å². The van der Waals surface area contributed by atoms with E-state index in [0.29, 0.717) is 0 Å². The molecule has 0 amide bonds. The quantitative estimate of drug-likeness (QED) is 0.115. The van der Waals surface area contributed by atoms with Crippen molar-refractivity contribution in [3.8, 4) is 54.6 Å². The molecule has 0 radical (unpaired) electrons. The molecule has 61 heavy (non-hydrogen) atoms. The maximum absolute atomic E-state index is 5.63. The fourth-order valence-electron chi connectivity index (χ4n) is 8.09. The van der Waals surface area contributed by atoms with Crippen LogP contribution in [0.1, 0.15) is 23.6 Å². The van der Waals surface area contributed by atoms with Gasteiger partial charge in [0.15, 0.2) is 0 Å². The molecule has 1 aromatic heterocycles. The van der Waals surface area contributed by atoms with Crippen LogP contribution in [0.15, 0.2) is 218 Å². The summed E-state index contributed by atoms with van der Waals surface area (Å²) >= 11 is 1.84. The number of allylic oxidation sites excluding steroid dienone is 1. The second kappa shape index (κ2) is 17.8. The predicted octanol–water partition coefficient (Wildman–Crippen LogP) is 15.9. The zero-order valence-electron chi connectivity index (χ0n) is 34.5. The minimum absolute atomic E-state index is 0.822. The maximum atomic E-state index is 5.63. The van der Waals surface area contributed by atoms with E-state index in [-0.39, 0.29) is 0 Å². The topological polar surface area (TPSA) is 21.7 Å². The lowest BCUT2D eigenvalue weighted by atomic mass is 9.89. The Kier molecular flexibility index (Phi) is 11.4. The Morgan fingerprint density at radius 1 is 0.361 bits per heavy atom. The highest BCUT2D eigenvalue weighted by Crippen LogP contribution is 2.53. The van der Waals surface area contributed by atoms with Crippen molar-refractivity contribution in [1.29, 1.82) is 0 Å². The van der Waals surface area contributed by atoms with Crippen LogP contribution in [0.4, 0.5) is 17.1 Å². The molecule has 9 rings (SSSR count). The van der Waals surface area contributed by atoms with E-state index in [0.717, 1.165) is 50.8 Å². The molecule has 9 aromatic rings. The SMILES string of the molecule is COc1ccc(-c2c(-c3ccc(C(C)=C(c4ccccc4)c4ccccc4)cc3)sc(-c3ccc(N(c4ccccc4)c4ccccc4)cc3)c2-c2ccc(OC)cc2)cc1. The second-order valence-electron chi connectivity index (χ2n) is 14.8. The molecule has 0 saturated heterocycles. The summed E-state index contributed by atoms with van der Waals surface area (Å²) in [5, 5.41) is 0. The highest BCUT2D eigenvalue weighted by atomic mass is 32.1. The van der Waals surface area contributed by atoms with Crippen molar-refractivity contribution in [2.24, 2.45) is 0 Å². The number of methoxy groups -OCH3 is 2. The highest BCUT2D eigenvalue weighted by Gasteiger charge is 2.24. The summed E-state index contributed by atoms with van der Waals surface area (Å²) in [6.07, 6.45) is 0. The third-order valence-corrected chi connectivity index (χ3v) is 12.5. The lowest BCUT2D eigenvalue weighted by Crippen LogP contribution is -2.09. The number of rotatable bonds is 12.